The highest BCUT2D eigenvalue weighted by Gasteiger charge is 2.50. The number of carbonyl (C=O) groups is 2. The van der Waals surface area contributed by atoms with Gasteiger partial charge in [-0.1, -0.05) is 175 Å². The van der Waals surface area contributed by atoms with Gasteiger partial charge in [0.2, 0.25) is 14.2 Å². The first-order valence-corrected chi connectivity index (χ1v) is 24.9. The van der Waals surface area contributed by atoms with Crippen LogP contribution in [-0.2, 0) is 30.7 Å². The van der Waals surface area contributed by atoms with Crippen LogP contribution < -0.4 is 9.47 Å². The van der Waals surface area contributed by atoms with E-state index in [1.807, 2.05) is 97.1 Å². The molecule has 1 saturated heterocycles. The number of carbonyl (C=O) groups excluding carboxylic acids is 2. The number of benzene rings is 5. The van der Waals surface area contributed by atoms with E-state index in [0.29, 0.717) is 30.8 Å². The maximum atomic E-state index is 15.2. The van der Waals surface area contributed by atoms with E-state index in [2.05, 4.69) is 90.6 Å². The van der Waals surface area contributed by atoms with Crippen LogP contribution in [0.2, 0.25) is 16.6 Å². The van der Waals surface area contributed by atoms with Gasteiger partial charge in [-0.25, -0.2) is 9.69 Å². The van der Waals surface area contributed by atoms with Crippen molar-refractivity contribution in [2.45, 2.75) is 95.2 Å². The summed E-state index contributed by atoms with van der Waals surface area (Å²) >= 11 is 0. The van der Waals surface area contributed by atoms with Gasteiger partial charge in [0.1, 0.15) is 12.2 Å². The molecule has 64 heavy (non-hydrogen) atoms. The van der Waals surface area contributed by atoms with E-state index >= 15 is 4.79 Å². The van der Waals surface area contributed by atoms with Gasteiger partial charge in [0.25, 0.3) is 0 Å². The Morgan fingerprint density at radius 2 is 1.25 bits per heavy atom. The topological polar surface area (TPSA) is 83.5 Å². The standard InChI is InChI=1S/C55H67NO7Si/c1-10-23-44(53(57)56-49(38-61-54(56)58)34-42-24-15-11-16-25-42)35-45(52(43-32-33-50(59-8)51(36-43)60-9)63-64(39(2)3,40(4)5)41(6)7)37-62-55(46-26-17-12-18-27-46,47-28-19-13-20-29-47)48-30-21-14-22-31-48/h10-22,24-33,36,39-41,44-45,49,52H,1,23,34-35,37-38H2,2-9H3/t44-,45-,49-,52+/m0/s1. The van der Waals surface area contributed by atoms with E-state index in [-0.39, 0.29) is 35.7 Å². The van der Waals surface area contributed by atoms with Crippen LogP contribution in [0.3, 0.4) is 0 Å². The Bertz CT molecular complexity index is 2130. The molecule has 1 aliphatic rings. The molecular formula is C55H67NO7Si. The summed E-state index contributed by atoms with van der Waals surface area (Å²) in [6.07, 6.45) is 1.73. The van der Waals surface area contributed by atoms with Crippen molar-refractivity contribution in [2.24, 2.45) is 11.8 Å². The van der Waals surface area contributed by atoms with Gasteiger partial charge in [-0.15, -0.1) is 6.58 Å². The number of methoxy groups -OCH3 is 2. The third-order valence-corrected chi connectivity index (χ3v) is 19.2. The molecule has 0 bridgehead atoms. The minimum atomic E-state index is -2.66. The molecule has 2 amide bonds. The number of amides is 2. The van der Waals surface area contributed by atoms with Crippen LogP contribution in [0.4, 0.5) is 4.79 Å². The highest BCUT2D eigenvalue weighted by molar-refractivity contribution is 6.77. The zero-order valence-corrected chi connectivity index (χ0v) is 39.9. The average molecular weight is 882 g/mol. The lowest BCUT2D eigenvalue weighted by atomic mass is 9.79. The second-order valence-corrected chi connectivity index (χ2v) is 23.3. The quantitative estimate of drug-likeness (QED) is 0.0389. The average Bonchev–Trinajstić information content (AvgIpc) is 3.68. The molecule has 0 N–H and O–H groups in total. The van der Waals surface area contributed by atoms with E-state index in [0.717, 1.165) is 27.8 Å². The Labute approximate surface area is 382 Å². The zero-order valence-electron chi connectivity index (χ0n) is 38.9. The molecule has 0 saturated carbocycles. The van der Waals surface area contributed by atoms with E-state index < -0.39 is 44.0 Å². The molecule has 0 spiro atoms. The molecule has 4 atom stereocenters. The molecule has 338 valence electrons. The largest absolute Gasteiger partial charge is 0.493 e. The second-order valence-electron chi connectivity index (χ2n) is 17.9. The van der Waals surface area contributed by atoms with Crippen molar-refractivity contribution in [1.82, 2.24) is 4.90 Å². The molecule has 1 aliphatic heterocycles. The molecule has 5 aromatic rings. The van der Waals surface area contributed by atoms with Gasteiger partial charge < -0.3 is 23.4 Å². The van der Waals surface area contributed by atoms with Gasteiger partial charge in [0, 0.05) is 11.8 Å². The van der Waals surface area contributed by atoms with Gasteiger partial charge in [0.05, 0.1) is 33.0 Å². The number of allylic oxidation sites excluding steroid dienone is 1. The van der Waals surface area contributed by atoms with Gasteiger partial charge in [-0.05, 0) is 75.8 Å². The lowest BCUT2D eigenvalue weighted by molar-refractivity contribution is -0.134. The Balaban J connectivity index is 1.56. The number of hydrogen-bond acceptors (Lipinski definition) is 7. The predicted octanol–water partition coefficient (Wildman–Crippen LogP) is 12.7. The zero-order chi connectivity index (χ0) is 45.9. The maximum Gasteiger partial charge on any atom is 0.416 e. The van der Waals surface area contributed by atoms with Crippen LogP contribution in [0.5, 0.6) is 11.5 Å². The van der Waals surface area contributed by atoms with Gasteiger partial charge >= 0.3 is 6.09 Å². The summed E-state index contributed by atoms with van der Waals surface area (Å²) in [6.45, 7) is 18.1. The normalized spacial score (nSPS) is 15.8. The van der Waals surface area contributed by atoms with E-state index in [1.165, 1.54) is 4.90 Å². The van der Waals surface area contributed by atoms with E-state index in [4.69, 9.17) is 23.4 Å². The van der Waals surface area contributed by atoms with Crippen molar-refractivity contribution in [2.75, 3.05) is 27.4 Å². The Hall–Kier alpha value is -5.48. The number of rotatable bonds is 22. The fourth-order valence-electron chi connectivity index (χ4n) is 10.2. The van der Waals surface area contributed by atoms with Crippen LogP contribution >= 0.6 is 0 Å². The third kappa shape index (κ3) is 10.2. The van der Waals surface area contributed by atoms with Crippen LogP contribution in [0, 0.1) is 11.8 Å². The van der Waals surface area contributed by atoms with Crippen molar-refractivity contribution in [1.29, 1.82) is 0 Å². The number of hydrogen-bond donors (Lipinski definition) is 0. The molecule has 0 unspecified atom stereocenters. The smallest absolute Gasteiger partial charge is 0.416 e. The Kier molecular flexibility index (Phi) is 16.4. The van der Waals surface area contributed by atoms with Crippen LogP contribution in [0.1, 0.15) is 88.3 Å². The summed E-state index contributed by atoms with van der Waals surface area (Å²) in [4.78, 5) is 30.1. The van der Waals surface area contributed by atoms with Crippen LogP contribution in [0.25, 0.3) is 0 Å². The minimum Gasteiger partial charge on any atom is -0.493 e. The summed E-state index contributed by atoms with van der Waals surface area (Å²) < 4.78 is 33.0. The van der Waals surface area contributed by atoms with Gasteiger partial charge in [0.15, 0.2) is 11.5 Å². The maximum absolute atomic E-state index is 15.2. The summed E-state index contributed by atoms with van der Waals surface area (Å²) in [5, 5.41) is 0. The highest BCUT2D eigenvalue weighted by Crippen LogP contribution is 2.50. The fourth-order valence-corrected chi connectivity index (χ4v) is 15.8. The Morgan fingerprint density at radius 1 is 0.750 bits per heavy atom. The first kappa shape index (κ1) is 48.0. The molecule has 0 aromatic heterocycles. The highest BCUT2D eigenvalue weighted by atomic mass is 28.4. The summed E-state index contributed by atoms with van der Waals surface area (Å²) in [7, 11) is 0.614. The number of ether oxygens (including phenoxy) is 4. The second kappa shape index (κ2) is 21.9. The van der Waals surface area contributed by atoms with Crippen molar-refractivity contribution >= 4 is 20.3 Å². The predicted molar refractivity (Wildman–Crippen MR) is 258 cm³/mol. The molecular weight excluding hydrogens is 815 g/mol. The van der Waals surface area contributed by atoms with Crippen molar-refractivity contribution in [3.63, 3.8) is 0 Å². The van der Waals surface area contributed by atoms with Crippen molar-refractivity contribution in [3.8, 4) is 11.5 Å². The van der Waals surface area contributed by atoms with Crippen molar-refractivity contribution in [3.05, 3.63) is 180 Å². The van der Waals surface area contributed by atoms with Gasteiger partial charge in [-0.3, -0.25) is 4.79 Å². The molecule has 6 rings (SSSR count). The molecule has 1 heterocycles. The first-order valence-electron chi connectivity index (χ1n) is 22.8. The fraction of sp³-hybridized carbons (Fsp3) is 0.382. The molecule has 0 radical (unpaired) electrons. The number of cyclic esters (lactones) is 1. The molecule has 8 nitrogen and oxygen atoms in total. The molecule has 1 fully saturated rings. The summed E-state index contributed by atoms with van der Waals surface area (Å²) in [5.74, 6) is -0.203. The van der Waals surface area contributed by atoms with Gasteiger partial charge in [-0.2, -0.15) is 0 Å². The summed E-state index contributed by atoms with van der Waals surface area (Å²) in [6, 6.07) is 46.4. The number of nitrogens with zero attached hydrogens (tertiary/aromatic N) is 1. The monoisotopic (exact) mass is 881 g/mol. The number of imide groups is 1. The van der Waals surface area contributed by atoms with Crippen molar-refractivity contribution < 1.29 is 33.0 Å². The molecule has 9 heteroatoms. The first-order chi connectivity index (χ1) is 30.9. The minimum absolute atomic E-state index is 0.128. The van der Waals surface area contributed by atoms with Crippen LogP contribution in [0.15, 0.2) is 152 Å². The SMILES string of the molecule is C=CC[C@@H](C[C@@H](COC(c1ccccc1)(c1ccccc1)c1ccccc1)[C@H](O[Si](C(C)C)(C(C)C)C(C)C)c1ccc(OC)c(OC)c1)C(=O)N1C(=O)OC[C@@H]1Cc1ccccc1. The van der Waals surface area contributed by atoms with E-state index in [1.54, 1.807) is 20.3 Å². The lowest BCUT2D eigenvalue weighted by Gasteiger charge is -2.47. The third-order valence-electron chi connectivity index (χ3n) is 13.2. The molecule has 0 aliphatic carbocycles. The van der Waals surface area contributed by atoms with Crippen LogP contribution in [-0.4, -0.2) is 58.7 Å². The molecule has 5 aromatic carbocycles. The summed E-state index contributed by atoms with van der Waals surface area (Å²) in [5.41, 5.74) is 4.50. The van der Waals surface area contributed by atoms with E-state index in [9.17, 15) is 4.79 Å². The Morgan fingerprint density at radius 3 is 1.72 bits per heavy atom. The lowest BCUT2D eigenvalue weighted by Crippen LogP contribution is -2.50.